The molecule has 0 fully saturated rings. The lowest BCUT2D eigenvalue weighted by molar-refractivity contribution is 0.102. The minimum atomic E-state index is -3.81. The molecule has 2 N–H and O–H groups in total. The number of aromatic nitrogens is 1. The summed E-state index contributed by atoms with van der Waals surface area (Å²) in [6.07, 6.45) is 2.56. The highest BCUT2D eigenvalue weighted by Gasteiger charge is 2.22. The number of hydrogen-bond donors (Lipinski definition) is 2. The zero-order chi connectivity index (χ0) is 27.5. The van der Waals surface area contributed by atoms with Crippen molar-refractivity contribution in [2.75, 3.05) is 20.6 Å². The van der Waals surface area contributed by atoms with Crippen molar-refractivity contribution in [3.8, 4) is 0 Å². The van der Waals surface area contributed by atoms with Gasteiger partial charge in [0.25, 0.3) is 15.9 Å². The maximum atomic E-state index is 12.7. The summed E-state index contributed by atoms with van der Waals surface area (Å²) in [5.41, 5.74) is 1.58. The molecule has 0 bridgehead atoms. The topological polar surface area (TPSA) is 126 Å². The highest BCUT2D eigenvalue weighted by molar-refractivity contribution is 7.93. The van der Waals surface area contributed by atoms with Crippen molar-refractivity contribution in [2.24, 2.45) is 0 Å². The van der Waals surface area contributed by atoms with Crippen molar-refractivity contribution in [1.29, 1.82) is 0 Å². The monoisotopic (exact) mass is 610 g/mol. The van der Waals surface area contributed by atoms with Gasteiger partial charge in [0.2, 0.25) is 10.0 Å². The zero-order valence-corrected chi connectivity index (χ0v) is 23.6. The molecule has 4 rings (SSSR count). The van der Waals surface area contributed by atoms with Crippen LogP contribution in [0.3, 0.4) is 0 Å². The second-order valence-electron chi connectivity index (χ2n) is 7.96. The van der Waals surface area contributed by atoms with Gasteiger partial charge in [-0.1, -0.05) is 41.4 Å². The molecule has 0 aliphatic carbocycles. The molecule has 9 nitrogen and oxygen atoms in total. The van der Waals surface area contributed by atoms with Gasteiger partial charge in [0.1, 0.15) is 0 Å². The van der Waals surface area contributed by atoms with Crippen molar-refractivity contribution in [2.45, 2.75) is 11.4 Å². The van der Waals surface area contributed by atoms with Crippen molar-refractivity contribution in [1.82, 2.24) is 4.98 Å². The number of amides is 1. The molecule has 1 aromatic heterocycles. The predicted octanol–water partition coefficient (Wildman–Crippen LogP) is 5.47. The lowest BCUT2D eigenvalue weighted by Gasteiger charge is -2.24. The number of rotatable bonds is 9. The Morgan fingerprint density at radius 1 is 0.974 bits per heavy atom. The molecule has 0 unspecified atom stereocenters. The smallest absolute Gasteiger partial charge is 0.263 e. The molecule has 0 radical (unpaired) electrons. The van der Waals surface area contributed by atoms with E-state index in [-0.39, 0.29) is 32.3 Å². The van der Waals surface area contributed by atoms with E-state index in [1.54, 1.807) is 47.8 Å². The molecule has 0 aliphatic heterocycles. The van der Waals surface area contributed by atoms with Crippen LogP contribution >= 0.6 is 34.5 Å². The number of sulfonamides is 2. The lowest BCUT2D eigenvalue weighted by atomic mass is 10.1. The van der Waals surface area contributed by atoms with Gasteiger partial charge in [-0.05, 0) is 54.1 Å². The summed E-state index contributed by atoms with van der Waals surface area (Å²) in [7, 11) is -7.50. The summed E-state index contributed by atoms with van der Waals surface area (Å²) in [6.45, 7) is -0.0221. The van der Waals surface area contributed by atoms with Gasteiger partial charge in [-0.2, -0.15) is 0 Å². The number of nitrogens with one attached hydrogen (secondary N) is 2. The van der Waals surface area contributed by atoms with E-state index < -0.39 is 26.0 Å². The third-order valence-corrected chi connectivity index (χ3v) is 9.33. The van der Waals surface area contributed by atoms with Crippen LogP contribution in [-0.2, 0) is 26.6 Å². The van der Waals surface area contributed by atoms with Crippen molar-refractivity contribution >= 4 is 77.0 Å². The number of carbonyl (C=O) groups is 1. The molecular formula is C24H20Cl2N4O5S3. The first kappa shape index (κ1) is 27.9. The molecule has 0 saturated carbocycles. The number of hydrogen-bond acceptors (Lipinski definition) is 7. The maximum Gasteiger partial charge on any atom is 0.263 e. The average Bonchev–Trinajstić information content (AvgIpc) is 3.37. The zero-order valence-electron chi connectivity index (χ0n) is 19.6. The lowest BCUT2D eigenvalue weighted by Crippen LogP contribution is -2.29. The minimum absolute atomic E-state index is 0.0188. The number of halogens is 2. The minimum Gasteiger partial charge on any atom is -0.322 e. The Bertz CT molecular complexity index is 1660. The highest BCUT2D eigenvalue weighted by Crippen LogP contribution is 2.34. The second-order valence-corrected chi connectivity index (χ2v) is 13.2. The number of thiazole rings is 1. The highest BCUT2D eigenvalue weighted by atomic mass is 35.5. The molecule has 198 valence electrons. The summed E-state index contributed by atoms with van der Waals surface area (Å²) >= 11 is 13.5. The van der Waals surface area contributed by atoms with Gasteiger partial charge in [0.15, 0.2) is 5.13 Å². The Morgan fingerprint density at radius 2 is 1.66 bits per heavy atom. The number of benzene rings is 3. The standard InChI is InChI=1S/C24H20Cl2N4O5S3/c1-37(32,33)30(21-4-2-3-20(25)22(21)26)15-16-5-7-17(8-6-16)23(31)28-18-9-11-19(12-10-18)38(34,35)29-24-27-13-14-36-24/h2-14H,15H2,1H3,(H,27,29)(H,28,31). The van der Waals surface area contributed by atoms with Crippen LogP contribution in [0.25, 0.3) is 0 Å². The molecule has 4 aromatic rings. The fourth-order valence-electron chi connectivity index (χ4n) is 3.36. The number of carbonyl (C=O) groups excluding carboxylic acids is 1. The molecule has 0 atom stereocenters. The predicted molar refractivity (Wildman–Crippen MR) is 151 cm³/mol. The van der Waals surface area contributed by atoms with E-state index in [1.807, 2.05) is 0 Å². The summed E-state index contributed by atoms with van der Waals surface area (Å²) in [5.74, 6) is -0.425. The summed E-state index contributed by atoms with van der Waals surface area (Å²) in [6, 6.07) is 16.8. The van der Waals surface area contributed by atoms with Crippen molar-refractivity contribution < 1.29 is 21.6 Å². The first-order valence-electron chi connectivity index (χ1n) is 10.8. The van der Waals surface area contributed by atoms with Crippen LogP contribution in [0.15, 0.2) is 83.2 Å². The maximum absolute atomic E-state index is 12.7. The second kappa shape index (κ2) is 11.3. The Kier molecular flexibility index (Phi) is 8.28. The average molecular weight is 612 g/mol. The van der Waals surface area contributed by atoms with E-state index >= 15 is 0 Å². The van der Waals surface area contributed by atoms with Crippen LogP contribution in [0.2, 0.25) is 10.0 Å². The van der Waals surface area contributed by atoms with Crippen LogP contribution in [0.5, 0.6) is 0 Å². The Morgan fingerprint density at radius 3 is 2.26 bits per heavy atom. The van der Waals surface area contributed by atoms with Crippen LogP contribution in [-0.4, -0.2) is 34.0 Å². The Labute approximate surface area is 234 Å². The fourth-order valence-corrected chi connectivity index (χ4v) is 6.49. The van der Waals surface area contributed by atoms with Gasteiger partial charge in [0.05, 0.1) is 33.4 Å². The number of nitrogens with zero attached hydrogens (tertiary/aromatic N) is 2. The molecular weight excluding hydrogens is 591 g/mol. The van der Waals surface area contributed by atoms with Gasteiger partial charge >= 0.3 is 0 Å². The van der Waals surface area contributed by atoms with E-state index in [0.717, 1.165) is 21.9 Å². The molecule has 14 heteroatoms. The molecule has 0 spiro atoms. The molecule has 3 aromatic carbocycles. The van der Waals surface area contributed by atoms with Gasteiger partial charge in [0, 0.05) is 22.8 Å². The van der Waals surface area contributed by atoms with Crippen LogP contribution < -0.4 is 14.3 Å². The first-order valence-corrected chi connectivity index (χ1v) is 15.7. The fraction of sp³-hybridized carbons (Fsp3) is 0.0833. The molecule has 0 saturated heterocycles. The van der Waals surface area contributed by atoms with Gasteiger partial charge in [-0.15, -0.1) is 11.3 Å². The van der Waals surface area contributed by atoms with Crippen molar-refractivity contribution in [3.05, 3.63) is 99.5 Å². The third-order valence-electron chi connectivity index (χ3n) is 5.22. The molecule has 1 amide bonds. The Hall–Kier alpha value is -3.16. The Balaban J connectivity index is 1.44. The van der Waals surface area contributed by atoms with E-state index in [0.29, 0.717) is 16.8 Å². The van der Waals surface area contributed by atoms with E-state index in [2.05, 4.69) is 15.0 Å². The van der Waals surface area contributed by atoms with Gasteiger partial charge < -0.3 is 5.32 Å². The third kappa shape index (κ3) is 6.63. The SMILES string of the molecule is CS(=O)(=O)N(Cc1ccc(C(=O)Nc2ccc(S(=O)(=O)Nc3nccs3)cc2)cc1)c1cccc(Cl)c1Cl. The summed E-state index contributed by atoms with van der Waals surface area (Å²) in [5, 5.41) is 4.95. The summed E-state index contributed by atoms with van der Waals surface area (Å²) < 4.78 is 53.4. The van der Waals surface area contributed by atoms with E-state index in [4.69, 9.17) is 23.2 Å². The largest absolute Gasteiger partial charge is 0.322 e. The molecule has 1 heterocycles. The first-order chi connectivity index (χ1) is 17.9. The van der Waals surface area contributed by atoms with Crippen LogP contribution in [0.1, 0.15) is 15.9 Å². The van der Waals surface area contributed by atoms with Crippen LogP contribution in [0, 0.1) is 0 Å². The van der Waals surface area contributed by atoms with Gasteiger partial charge in [-0.25, -0.2) is 21.8 Å². The van der Waals surface area contributed by atoms with E-state index in [9.17, 15) is 21.6 Å². The van der Waals surface area contributed by atoms with Crippen LogP contribution in [0.4, 0.5) is 16.5 Å². The summed E-state index contributed by atoms with van der Waals surface area (Å²) in [4.78, 5) is 16.6. The number of anilines is 3. The van der Waals surface area contributed by atoms with Crippen molar-refractivity contribution in [3.63, 3.8) is 0 Å². The quantitative estimate of drug-likeness (QED) is 0.259. The molecule has 0 aliphatic rings. The molecule has 38 heavy (non-hydrogen) atoms. The normalized spacial score (nSPS) is 11.7. The van der Waals surface area contributed by atoms with Gasteiger partial charge in [-0.3, -0.25) is 13.8 Å². The van der Waals surface area contributed by atoms with E-state index in [1.165, 1.54) is 30.5 Å².